The van der Waals surface area contributed by atoms with Gasteiger partial charge in [-0.3, -0.25) is 24.4 Å². The molecule has 1 aliphatic rings. The van der Waals surface area contributed by atoms with E-state index in [9.17, 15) is 32.9 Å². The van der Waals surface area contributed by atoms with Crippen LogP contribution in [0.25, 0.3) is 0 Å². The van der Waals surface area contributed by atoms with Crippen LogP contribution in [-0.2, 0) is 18.0 Å². The van der Waals surface area contributed by atoms with Gasteiger partial charge in [0.05, 0.1) is 17.5 Å². The summed E-state index contributed by atoms with van der Waals surface area (Å²) < 4.78 is 40.2. The number of aromatic nitrogens is 3. The Hall–Kier alpha value is -3.22. The van der Waals surface area contributed by atoms with Crippen molar-refractivity contribution < 1.29 is 22.9 Å². The molecule has 1 fully saturated rings. The Balaban J connectivity index is 1.55. The summed E-state index contributed by atoms with van der Waals surface area (Å²) in [6.45, 7) is 0.861. The number of hydrogen-bond donors (Lipinski definition) is 1. The molecule has 0 radical (unpaired) electrons. The van der Waals surface area contributed by atoms with Gasteiger partial charge < -0.3 is 5.32 Å². The van der Waals surface area contributed by atoms with Gasteiger partial charge in [-0.1, -0.05) is 0 Å². The fourth-order valence-corrected chi connectivity index (χ4v) is 3.33. The Morgan fingerprint density at radius 1 is 1.27 bits per heavy atom. The summed E-state index contributed by atoms with van der Waals surface area (Å²) in [6, 6.07) is 4.93. The number of anilines is 1. The van der Waals surface area contributed by atoms with E-state index in [1.54, 1.807) is 0 Å². The van der Waals surface area contributed by atoms with Crippen molar-refractivity contribution in [3.8, 4) is 0 Å². The molecule has 0 bridgehead atoms. The first-order chi connectivity index (χ1) is 14.1. The number of piperidine rings is 1. The van der Waals surface area contributed by atoms with Crippen molar-refractivity contribution in [1.29, 1.82) is 0 Å². The number of non-ortho nitro benzene ring substituents is 1. The van der Waals surface area contributed by atoms with E-state index in [0.29, 0.717) is 36.2 Å². The number of hydrogen-bond acceptors (Lipinski definition) is 6. The van der Waals surface area contributed by atoms with Crippen molar-refractivity contribution in [3.63, 3.8) is 0 Å². The predicted octanol–water partition coefficient (Wildman–Crippen LogP) is 1.78. The molecule has 0 saturated carbocycles. The highest BCUT2D eigenvalue weighted by Crippen LogP contribution is 2.28. The number of likely N-dealkylation sites (tertiary alicyclic amines) is 1. The summed E-state index contributed by atoms with van der Waals surface area (Å²) in [5.74, 6) is -1.56. The molecule has 1 aromatic heterocycles. The number of halogens is 3. The van der Waals surface area contributed by atoms with Crippen LogP contribution in [0, 0.1) is 10.1 Å². The van der Waals surface area contributed by atoms with Gasteiger partial charge in [0.25, 0.3) is 5.69 Å². The first-order valence-electron chi connectivity index (χ1n) is 9.05. The molecule has 1 saturated heterocycles. The summed E-state index contributed by atoms with van der Waals surface area (Å²) in [5.41, 5.74) is -0.495. The second-order valence-corrected chi connectivity index (χ2v) is 6.97. The summed E-state index contributed by atoms with van der Waals surface area (Å²) in [7, 11) is 1.03. The molecular weight excluding hydrogens is 409 g/mol. The summed E-state index contributed by atoms with van der Waals surface area (Å²) >= 11 is 0. The zero-order valence-corrected chi connectivity index (χ0v) is 15.9. The minimum absolute atomic E-state index is 0.0502. The van der Waals surface area contributed by atoms with Gasteiger partial charge in [0, 0.05) is 38.0 Å². The van der Waals surface area contributed by atoms with Crippen LogP contribution >= 0.6 is 0 Å². The van der Waals surface area contributed by atoms with Gasteiger partial charge in [-0.05, 0) is 25.0 Å². The number of rotatable bonds is 5. The van der Waals surface area contributed by atoms with Crippen molar-refractivity contribution in [2.45, 2.75) is 25.1 Å². The minimum atomic E-state index is -4.71. The number of nitro benzene ring substituents is 1. The molecule has 13 heteroatoms. The maximum atomic E-state index is 12.9. The van der Waals surface area contributed by atoms with E-state index < -0.39 is 28.7 Å². The van der Waals surface area contributed by atoms with Gasteiger partial charge in [-0.25, -0.2) is 9.48 Å². The minimum Gasteiger partial charge on any atom is -0.325 e. The Bertz CT molecular complexity index is 990. The standard InChI is InChI=1S/C17H19F3N6O4/c1-23-15(17(18,19)20)22-25(16(23)28)12-6-8-24(9-7-12)10-14(27)21-11-2-4-13(5-3-11)26(29)30/h2-5,12H,6-10H2,1H3,(H,21,27). The first kappa shape index (κ1) is 21.5. The summed E-state index contributed by atoms with van der Waals surface area (Å²) in [5, 5.41) is 16.7. The van der Waals surface area contributed by atoms with Gasteiger partial charge in [0.1, 0.15) is 0 Å². The smallest absolute Gasteiger partial charge is 0.325 e. The second-order valence-electron chi connectivity index (χ2n) is 6.97. The zero-order valence-electron chi connectivity index (χ0n) is 15.9. The van der Waals surface area contributed by atoms with E-state index in [4.69, 9.17) is 0 Å². The number of nitrogens with zero attached hydrogens (tertiary/aromatic N) is 5. The van der Waals surface area contributed by atoms with Gasteiger partial charge in [0.2, 0.25) is 11.7 Å². The molecule has 10 nitrogen and oxygen atoms in total. The van der Waals surface area contributed by atoms with Crippen LogP contribution in [0.15, 0.2) is 29.1 Å². The van der Waals surface area contributed by atoms with Gasteiger partial charge in [0.15, 0.2) is 0 Å². The number of nitrogens with one attached hydrogen (secondary N) is 1. The molecular formula is C17H19F3N6O4. The van der Waals surface area contributed by atoms with Crippen molar-refractivity contribution in [3.05, 3.63) is 50.7 Å². The molecule has 0 aliphatic carbocycles. The third-order valence-corrected chi connectivity index (χ3v) is 4.89. The van der Waals surface area contributed by atoms with E-state index in [0.717, 1.165) is 11.7 Å². The molecule has 162 valence electrons. The third kappa shape index (κ3) is 4.67. The van der Waals surface area contributed by atoms with Crippen molar-refractivity contribution in [2.75, 3.05) is 25.0 Å². The lowest BCUT2D eigenvalue weighted by molar-refractivity contribution is -0.384. The van der Waals surface area contributed by atoms with Crippen LogP contribution in [0.2, 0.25) is 0 Å². The number of nitro groups is 1. The Kier molecular flexibility index (Phi) is 5.92. The van der Waals surface area contributed by atoms with E-state index >= 15 is 0 Å². The van der Waals surface area contributed by atoms with Gasteiger partial charge >= 0.3 is 11.9 Å². The highest BCUT2D eigenvalue weighted by molar-refractivity contribution is 5.92. The van der Waals surface area contributed by atoms with Crippen LogP contribution in [0.4, 0.5) is 24.5 Å². The van der Waals surface area contributed by atoms with Crippen LogP contribution < -0.4 is 11.0 Å². The maximum absolute atomic E-state index is 12.9. The lowest BCUT2D eigenvalue weighted by atomic mass is 10.1. The summed E-state index contributed by atoms with van der Waals surface area (Å²) in [6.07, 6.45) is -3.96. The van der Waals surface area contributed by atoms with E-state index in [1.165, 1.54) is 24.3 Å². The van der Waals surface area contributed by atoms with Crippen LogP contribution in [0.3, 0.4) is 0 Å². The first-order valence-corrected chi connectivity index (χ1v) is 9.05. The predicted molar refractivity (Wildman–Crippen MR) is 98.9 cm³/mol. The molecule has 3 rings (SSSR count). The van der Waals surface area contributed by atoms with Crippen molar-refractivity contribution in [2.24, 2.45) is 7.05 Å². The fraction of sp³-hybridized carbons (Fsp3) is 0.471. The Labute approximate surface area is 168 Å². The number of carbonyl (C=O) groups is 1. The number of benzene rings is 1. The van der Waals surface area contributed by atoms with Crippen molar-refractivity contribution in [1.82, 2.24) is 19.2 Å². The molecule has 2 aromatic rings. The van der Waals surface area contributed by atoms with E-state index in [-0.39, 0.29) is 18.1 Å². The molecule has 0 atom stereocenters. The fourth-order valence-electron chi connectivity index (χ4n) is 3.33. The highest BCUT2D eigenvalue weighted by atomic mass is 19.4. The van der Waals surface area contributed by atoms with Crippen LogP contribution in [0.1, 0.15) is 24.7 Å². The van der Waals surface area contributed by atoms with Crippen molar-refractivity contribution >= 4 is 17.3 Å². The van der Waals surface area contributed by atoms with E-state index in [1.807, 2.05) is 4.90 Å². The lowest BCUT2D eigenvalue weighted by Crippen LogP contribution is -2.41. The zero-order chi connectivity index (χ0) is 22.1. The topological polar surface area (TPSA) is 115 Å². The Morgan fingerprint density at radius 2 is 1.87 bits per heavy atom. The molecule has 1 N–H and O–H groups in total. The SMILES string of the molecule is Cn1c(C(F)(F)F)nn(C2CCN(CC(=O)Nc3ccc([N+](=O)[O-])cc3)CC2)c1=O. The van der Waals surface area contributed by atoms with E-state index in [2.05, 4.69) is 10.4 Å². The number of carbonyl (C=O) groups excluding carboxylic acids is 1. The molecule has 30 heavy (non-hydrogen) atoms. The average molecular weight is 428 g/mol. The normalized spacial score (nSPS) is 15.9. The number of amides is 1. The van der Waals surface area contributed by atoms with Gasteiger partial charge in [-0.2, -0.15) is 13.2 Å². The molecule has 2 heterocycles. The monoisotopic (exact) mass is 428 g/mol. The molecule has 0 spiro atoms. The van der Waals surface area contributed by atoms with Crippen LogP contribution in [0.5, 0.6) is 0 Å². The average Bonchev–Trinajstić information content (AvgIpc) is 2.98. The molecule has 1 aliphatic heterocycles. The second kappa shape index (κ2) is 8.26. The third-order valence-electron chi connectivity index (χ3n) is 4.89. The van der Waals surface area contributed by atoms with Gasteiger partial charge in [-0.15, -0.1) is 5.10 Å². The Morgan fingerprint density at radius 3 is 2.37 bits per heavy atom. The molecule has 1 amide bonds. The molecule has 0 unspecified atom stereocenters. The highest BCUT2D eigenvalue weighted by Gasteiger charge is 2.39. The molecule has 1 aromatic carbocycles. The summed E-state index contributed by atoms with van der Waals surface area (Å²) in [4.78, 5) is 36.2. The van der Waals surface area contributed by atoms with Crippen LogP contribution in [-0.4, -0.2) is 49.7 Å². The largest absolute Gasteiger partial charge is 0.451 e. The quantitative estimate of drug-likeness (QED) is 0.574. The maximum Gasteiger partial charge on any atom is 0.451 e. The lowest BCUT2D eigenvalue weighted by Gasteiger charge is -2.30. The number of alkyl halides is 3.